The van der Waals surface area contributed by atoms with E-state index in [0.717, 1.165) is 30.4 Å². The van der Waals surface area contributed by atoms with Crippen molar-refractivity contribution in [1.82, 2.24) is 5.32 Å². The second-order valence-corrected chi connectivity index (χ2v) is 9.17. The fourth-order valence-corrected chi connectivity index (χ4v) is 4.35. The molecule has 0 spiro atoms. The van der Waals surface area contributed by atoms with E-state index in [-0.39, 0.29) is 11.2 Å². The predicted molar refractivity (Wildman–Crippen MR) is 137 cm³/mol. The molecule has 0 bridgehead atoms. The van der Waals surface area contributed by atoms with E-state index < -0.39 is 0 Å². The third kappa shape index (κ3) is 7.63. The van der Waals surface area contributed by atoms with Gasteiger partial charge in [-0.2, -0.15) is 5.10 Å². The smallest absolute Gasteiger partial charge is 0.239 e. The van der Waals surface area contributed by atoms with Gasteiger partial charge in [-0.15, -0.1) is 5.10 Å². The number of unbranched alkanes of at least 4 members (excludes halogenated alkanes) is 2. The lowest BCUT2D eigenvalue weighted by molar-refractivity contribution is -0.118. The lowest BCUT2D eigenvalue weighted by atomic mass is 10.0. The standard InChI is InChI=1S/C26H33N3O3S/c1-4-6-8-19-9-11-20(12-10-19)17-24-25(30)28-26(33-24)29-27-18-21-13-14-22(23(16-21)31-3)32-15-7-5-2/h9-14,16,18,24H,4-8,15,17H2,1-3H3,(H,28,29,30)/b27-18-/t24-/m0/s1. The zero-order chi connectivity index (χ0) is 23.5. The molecule has 7 heteroatoms. The van der Waals surface area contributed by atoms with Gasteiger partial charge in [0.05, 0.1) is 25.2 Å². The van der Waals surface area contributed by atoms with Crippen LogP contribution in [0.5, 0.6) is 11.5 Å². The Bertz CT molecular complexity index is 973. The summed E-state index contributed by atoms with van der Waals surface area (Å²) >= 11 is 1.42. The number of nitrogens with zero attached hydrogens (tertiary/aromatic N) is 2. The molecule has 33 heavy (non-hydrogen) atoms. The average molecular weight is 468 g/mol. The summed E-state index contributed by atoms with van der Waals surface area (Å²) in [5.74, 6) is 1.35. The maximum absolute atomic E-state index is 12.4. The van der Waals surface area contributed by atoms with E-state index in [0.29, 0.717) is 29.7 Å². The number of thioether (sulfide) groups is 1. The third-order valence-electron chi connectivity index (χ3n) is 5.34. The quantitative estimate of drug-likeness (QED) is 0.258. The molecule has 0 unspecified atom stereocenters. The van der Waals surface area contributed by atoms with Gasteiger partial charge in [0.2, 0.25) is 5.91 Å². The first kappa shape index (κ1) is 24.8. The maximum Gasteiger partial charge on any atom is 0.239 e. The van der Waals surface area contributed by atoms with Crippen LogP contribution >= 0.6 is 11.8 Å². The zero-order valence-corrected chi connectivity index (χ0v) is 20.5. The van der Waals surface area contributed by atoms with Crippen molar-refractivity contribution in [1.29, 1.82) is 0 Å². The molecule has 1 aliphatic heterocycles. The van der Waals surface area contributed by atoms with Gasteiger partial charge in [-0.25, -0.2) is 0 Å². The average Bonchev–Trinajstić information content (AvgIpc) is 3.18. The highest BCUT2D eigenvalue weighted by Gasteiger charge is 2.30. The molecule has 1 N–H and O–H groups in total. The number of benzene rings is 2. The van der Waals surface area contributed by atoms with Crippen molar-refractivity contribution < 1.29 is 14.3 Å². The molecule has 6 nitrogen and oxygen atoms in total. The highest BCUT2D eigenvalue weighted by Crippen LogP contribution is 2.28. The SMILES string of the molecule is CCCCOc1ccc(/C=N\N=C2\NC(=O)[C@H](Cc3ccc(CCCC)cc3)S2)cc1OC. The van der Waals surface area contributed by atoms with Gasteiger partial charge in [-0.1, -0.05) is 62.7 Å². The van der Waals surface area contributed by atoms with E-state index in [2.05, 4.69) is 53.6 Å². The number of amides is 1. The van der Waals surface area contributed by atoms with Crippen LogP contribution in [0.4, 0.5) is 0 Å². The van der Waals surface area contributed by atoms with Crippen molar-refractivity contribution in [3.8, 4) is 11.5 Å². The summed E-state index contributed by atoms with van der Waals surface area (Å²) in [5.41, 5.74) is 3.34. The summed E-state index contributed by atoms with van der Waals surface area (Å²) in [5, 5.41) is 11.5. The summed E-state index contributed by atoms with van der Waals surface area (Å²) in [7, 11) is 1.62. The largest absolute Gasteiger partial charge is 0.493 e. The number of nitrogens with one attached hydrogen (secondary N) is 1. The van der Waals surface area contributed by atoms with Crippen LogP contribution in [0.1, 0.15) is 56.2 Å². The van der Waals surface area contributed by atoms with Crippen LogP contribution < -0.4 is 14.8 Å². The lowest BCUT2D eigenvalue weighted by Crippen LogP contribution is -2.25. The van der Waals surface area contributed by atoms with E-state index in [1.807, 2.05) is 18.2 Å². The maximum atomic E-state index is 12.4. The molecule has 0 aromatic heterocycles. The number of amidine groups is 1. The summed E-state index contributed by atoms with van der Waals surface area (Å²) < 4.78 is 11.2. The number of rotatable bonds is 12. The Labute approximate surface area is 200 Å². The van der Waals surface area contributed by atoms with Gasteiger partial charge >= 0.3 is 0 Å². The molecule has 1 atom stereocenters. The number of carbonyl (C=O) groups is 1. The lowest BCUT2D eigenvalue weighted by Gasteiger charge is -2.10. The van der Waals surface area contributed by atoms with Crippen LogP contribution in [0.15, 0.2) is 52.7 Å². The summed E-state index contributed by atoms with van der Waals surface area (Å²) in [6, 6.07) is 14.2. The first-order valence-corrected chi connectivity index (χ1v) is 12.5. The normalized spacial score (nSPS) is 17.0. The van der Waals surface area contributed by atoms with E-state index in [4.69, 9.17) is 9.47 Å². The van der Waals surface area contributed by atoms with Crippen molar-refractivity contribution in [2.24, 2.45) is 10.2 Å². The molecule has 1 heterocycles. The van der Waals surface area contributed by atoms with Gasteiger partial charge in [0.1, 0.15) is 0 Å². The molecule has 0 aliphatic carbocycles. The molecule has 1 saturated heterocycles. The summed E-state index contributed by atoms with van der Waals surface area (Å²) in [6.45, 7) is 4.99. The van der Waals surface area contributed by atoms with E-state index in [1.165, 1.54) is 30.2 Å². The first-order chi connectivity index (χ1) is 16.1. The number of hydrogen-bond donors (Lipinski definition) is 1. The number of aryl methyl sites for hydroxylation is 1. The van der Waals surface area contributed by atoms with Crippen LogP contribution in [0.3, 0.4) is 0 Å². The highest BCUT2D eigenvalue weighted by molar-refractivity contribution is 8.15. The van der Waals surface area contributed by atoms with Gasteiger partial charge in [0, 0.05) is 0 Å². The highest BCUT2D eigenvalue weighted by atomic mass is 32.2. The Hall–Kier alpha value is -2.80. The Kier molecular flexibility index (Phi) is 9.81. The fraction of sp³-hybridized carbons (Fsp3) is 0.423. The summed E-state index contributed by atoms with van der Waals surface area (Å²) in [4.78, 5) is 12.4. The molecule has 1 fully saturated rings. The Morgan fingerprint density at radius 2 is 1.79 bits per heavy atom. The van der Waals surface area contributed by atoms with Gasteiger partial charge in [-0.05, 0) is 60.6 Å². The molecular weight excluding hydrogens is 434 g/mol. The topological polar surface area (TPSA) is 72.3 Å². The first-order valence-electron chi connectivity index (χ1n) is 11.6. The van der Waals surface area contributed by atoms with Gasteiger partial charge < -0.3 is 14.8 Å². The van der Waals surface area contributed by atoms with Crippen LogP contribution in [0.2, 0.25) is 0 Å². The molecule has 1 amide bonds. The monoisotopic (exact) mass is 467 g/mol. The second kappa shape index (κ2) is 13.0. The number of ether oxygens (including phenoxy) is 2. The molecule has 2 aromatic rings. The number of hydrogen-bond acceptors (Lipinski definition) is 6. The molecule has 0 saturated carbocycles. The van der Waals surface area contributed by atoms with E-state index in [9.17, 15) is 4.79 Å². The fourth-order valence-electron chi connectivity index (χ4n) is 3.38. The van der Waals surface area contributed by atoms with E-state index in [1.54, 1.807) is 13.3 Å². The summed E-state index contributed by atoms with van der Waals surface area (Å²) in [6.07, 6.45) is 7.88. The minimum Gasteiger partial charge on any atom is -0.493 e. The molecule has 2 aromatic carbocycles. The van der Waals surface area contributed by atoms with Crippen molar-refractivity contribution in [2.45, 2.75) is 57.6 Å². The van der Waals surface area contributed by atoms with Crippen molar-refractivity contribution in [3.05, 3.63) is 59.2 Å². The van der Waals surface area contributed by atoms with E-state index >= 15 is 0 Å². The molecule has 3 rings (SSSR count). The van der Waals surface area contributed by atoms with Crippen LogP contribution in [0, 0.1) is 0 Å². The van der Waals surface area contributed by atoms with Crippen LogP contribution in [-0.2, 0) is 17.6 Å². The zero-order valence-electron chi connectivity index (χ0n) is 19.7. The van der Waals surface area contributed by atoms with Gasteiger partial charge in [0.15, 0.2) is 16.7 Å². The van der Waals surface area contributed by atoms with Crippen molar-refractivity contribution in [2.75, 3.05) is 13.7 Å². The molecule has 0 radical (unpaired) electrons. The van der Waals surface area contributed by atoms with Crippen LogP contribution in [-0.4, -0.2) is 36.3 Å². The third-order valence-corrected chi connectivity index (χ3v) is 6.41. The van der Waals surface area contributed by atoms with Gasteiger partial charge in [-0.3, -0.25) is 4.79 Å². The second-order valence-electron chi connectivity index (χ2n) is 7.98. The number of methoxy groups -OCH3 is 1. The van der Waals surface area contributed by atoms with Gasteiger partial charge in [0.25, 0.3) is 0 Å². The Balaban J connectivity index is 1.56. The number of carbonyl (C=O) groups excluding carboxylic acids is 1. The predicted octanol–water partition coefficient (Wildman–Crippen LogP) is 5.38. The van der Waals surface area contributed by atoms with Crippen LogP contribution in [0.25, 0.3) is 0 Å². The minimum atomic E-state index is -0.194. The molecule has 1 aliphatic rings. The molecule has 176 valence electrons. The van der Waals surface area contributed by atoms with Crippen molar-refractivity contribution >= 4 is 29.1 Å². The molecular formula is C26H33N3O3S. The van der Waals surface area contributed by atoms with Crippen molar-refractivity contribution in [3.63, 3.8) is 0 Å². The minimum absolute atomic E-state index is 0.0285. The Morgan fingerprint density at radius 3 is 2.52 bits per heavy atom. The Morgan fingerprint density at radius 1 is 1.03 bits per heavy atom.